The van der Waals surface area contributed by atoms with Gasteiger partial charge in [0.1, 0.15) is 6.33 Å². The smallest absolute Gasteiger partial charge is 0.106 e. The first kappa shape index (κ1) is 24.7. The van der Waals surface area contributed by atoms with Gasteiger partial charge in [-0.2, -0.15) is 0 Å². The Kier molecular flexibility index (Phi) is 7.11. The van der Waals surface area contributed by atoms with Gasteiger partial charge in [0.15, 0.2) is 0 Å². The van der Waals surface area contributed by atoms with Gasteiger partial charge in [-0.05, 0) is 45.6 Å². The minimum Gasteiger partial charge on any atom is -0.394 e. The van der Waals surface area contributed by atoms with E-state index >= 15 is 0 Å². The number of benzene rings is 3. The van der Waals surface area contributed by atoms with Crippen LogP contribution in [-0.2, 0) is 25.5 Å². The number of rotatable bonds is 2. The molecule has 2 heterocycles. The van der Waals surface area contributed by atoms with Crippen LogP contribution in [0.5, 0.6) is 0 Å². The van der Waals surface area contributed by atoms with Crippen molar-refractivity contribution in [3.63, 3.8) is 0 Å². The summed E-state index contributed by atoms with van der Waals surface area (Å²) in [6.07, 6.45) is 3.44. The monoisotopic (exact) mass is 635 g/mol. The number of fused-ring (bicyclic) bond motifs is 2. The van der Waals surface area contributed by atoms with Gasteiger partial charge in [0.2, 0.25) is 0 Å². The minimum absolute atomic E-state index is 0. The van der Waals surface area contributed by atoms with E-state index < -0.39 is 0 Å². The second kappa shape index (κ2) is 10.1. The molecule has 0 saturated heterocycles. The zero-order valence-electron chi connectivity index (χ0n) is 20.2. The maximum Gasteiger partial charge on any atom is 0.106 e. The van der Waals surface area contributed by atoms with Crippen molar-refractivity contribution >= 4 is 16.6 Å². The first-order valence-corrected chi connectivity index (χ1v) is 11.3. The van der Waals surface area contributed by atoms with Crippen LogP contribution in [0.1, 0.15) is 25.0 Å². The number of pyridine rings is 1. The number of hydrogen-bond acceptors (Lipinski definition) is 4. The van der Waals surface area contributed by atoms with E-state index in [1.165, 1.54) is 16.5 Å². The van der Waals surface area contributed by atoms with Crippen molar-refractivity contribution in [2.45, 2.75) is 19.3 Å². The molecule has 3 aromatic carbocycles. The Morgan fingerprint density at radius 1 is 0.800 bits per heavy atom. The minimum atomic E-state index is -0.0374. The van der Waals surface area contributed by atoms with Crippen molar-refractivity contribution in [1.29, 1.82) is 0 Å². The van der Waals surface area contributed by atoms with E-state index in [4.69, 9.17) is 0 Å². The molecule has 1 aliphatic rings. The maximum absolute atomic E-state index is 4.50. The normalized spacial score (nSPS) is 12.6. The molecule has 1 aliphatic carbocycles. The Balaban J connectivity index is 0.000000165. The third-order valence-corrected chi connectivity index (χ3v) is 6.34. The zero-order chi connectivity index (χ0) is 23.7. The van der Waals surface area contributed by atoms with E-state index in [9.17, 15) is 0 Å². The summed E-state index contributed by atoms with van der Waals surface area (Å²) in [6.45, 7) is 4.51. The zero-order valence-corrected chi connectivity index (χ0v) is 22.6. The standard InChI is InChI=1S/C17H13N2.C13H13N2.Ir/c1-17(2)12-7-4-3-6-11(12)16-15-13(17)8-5-9-14(15)18-10-19-16;1-15(2)12-7-5-6-11(10-12)13-8-3-4-9-14-13;/h3-5,7-10H,1-2H3;3-5,7-10H,1-2H3;/q2*-1;. The van der Waals surface area contributed by atoms with Crippen LogP contribution in [0, 0.1) is 12.1 Å². The largest absolute Gasteiger partial charge is 0.394 e. The summed E-state index contributed by atoms with van der Waals surface area (Å²) < 4.78 is 0. The predicted octanol–water partition coefficient (Wildman–Crippen LogP) is 6.35. The average molecular weight is 635 g/mol. The fraction of sp³-hybridized carbons (Fsp3) is 0.167. The maximum atomic E-state index is 4.50. The Morgan fingerprint density at radius 2 is 1.63 bits per heavy atom. The van der Waals surface area contributed by atoms with Gasteiger partial charge in [0, 0.05) is 40.4 Å². The van der Waals surface area contributed by atoms with E-state index in [0.29, 0.717) is 0 Å². The van der Waals surface area contributed by atoms with Crippen LogP contribution < -0.4 is 4.90 Å². The Bertz CT molecular complexity index is 1460. The topological polar surface area (TPSA) is 41.9 Å². The summed E-state index contributed by atoms with van der Waals surface area (Å²) in [6, 6.07) is 31.0. The van der Waals surface area contributed by atoms with Crippen molar-refractivity contribution in [3.05, 3.63) is 109 Å². The molecule has 0 spiro atoms. The average Bonchev–Trinajstić information content (AvgIpc) is 2.88. The summed E-state index contributed by atoms with van der Waals surface area (Å²) in [7, 11) is 4.05. The van der Waals surface area contributed by atoms with Crippen LogP contribution in [0.2, 0.25) is 0 Å². The van der Waals surface area contributed by atoms with Gasteiger partial charge in [-0.3, -0.25) is 4.98 Å². The molecular weight excluding hydrogens is 609 g/mol. The van der Waals surface area contributed by atoms with Gasteiger partial charge < -0.3 is 9.88 Å². The van der Waals surface area contributed by atoms with Gasteiger partial charge in [-0.1, -0.05) is 38.1 Å². The van der Waals surface area contributed by atoms with Crippen LogP contribution in [0.25, 0.3) is 33.4 Å². The first-order chi connectivity index (χ1) is 16.5. The second-order valence-electron chi connectivity index (χ2n) is 9.08. The number of hydrogen-bond donors (Lipinski definition) is 0. The molecule has 0 bridgehead atoms. The molecule has 5 aromatic rings. The molecule has 0 atom stereocenters. The molecule has 2 aromatic heterocycles. The Hall–Kier alpha value is -3.40. The molecule has 5 heteroatoms. The number of aromatic nitrogens is 3. The molecule has 0 aliphatic heterocycles. The van der Waals surface area contributed by atoms with Crippen LogP contribution in [0.3, 0.4) is 0 Å². The van der Waals surface area contributed by atoms with Crippen molar-refractivity contribution in [3.8, 4) is 22.5 Å². The molecule has 0 amide bonds. The fourth-order valence-corrected chi connectivity index (χ4v) is 4.52. The molecular formula is C30H26IrN4-2. The molecule has 177 valence electrons. The summed E-state index contributed by atoms with van der Waals surface area (Å²) in [5, 5.41) is 1.17. The molecule has 4 nitrogen and oxygen atoms in total. The molecule has 0 fully saturated rings. The van der Waals surface area contributed by atoms with Crippen molar-refractivity contribution in [2.24, 2.45) is 0 Å². The van der Waals surface area contributed by atoms with Crippen LogP contribution in [0.15, 0.2) is 85.3 Å². The van der Waals surface area contributed by atoms with Crippen molar-refractivity contribution in [2.75, 3.05) is 19.0 Å². The predicted molar refractivity (Wildman–Crippen MR) is 139 cm³/mol. The number of nitrogens with zero attached hydrogens (tertiary/aromatic N) is 4. The van der Waals surface area contributed by atoms with Crippen LogP contribution in [-0.4, -0.2) is 29.0 Å². The van der Waals surface area contributed by atoms with E-state index in [2.05, 4.69) is 70.1 Å². The Labute approximate surface area is 220 Å². The molecule has 0 saturated carbocycles. The Morgan fingerprint density at radius 3 is 2.40 bits per heavy atom. The quantitative estimate of drug-likeness (QED) is 0.213. The SMILES string of the molecule is CC1(C)c2ccc[c-]c2-c2ncnc3cccc1c23.CN(C)c1cc[c-]c(-c2ccccn2)c1.[Ir]. The van der Waals surface area contributed by atoms with Gasteiger partial charge in [-0.25, -0.2) is 4.98 Å². The van der Waals surface area contributed by atoms with Gasteiger partial charge in [0.25, 0.3) is 0 Å². The van der Waals surface area contributed by atoms with Gasteiger partial charge in [-0.15, -0.1) is 65.2 Å². The van der Waals surface area contributed by atoms with E-state index in [-0.39, 0.29) is 25.5 Å². The number of anilines is 1. The van der Waals surface area contributed by atoms with Crippen molar-refractivity contribution < 1.29 is 20.1 Å². The summed E-state index contributed by atoms with van der Waals surface area (Å²) >= 11 is 0. The van der Waals surface area contributed by atoms with E-state index in [1.54, 1.807) is 12.5 Å². The van der Waals surface area contributed by atoms with E-state index in [0.717, 1.165) is 33.7 Å². The van der Waals surface area contributed by atoms with Crippen LogP contribution >= 0.6 is 0 Å². The van der Waals surface area contributed by atoms with Gasteiger partial charge >= 0.3 is 0 Å². The second-order valence-corrected chi connectivity index (χ2v) is 9.08. The fourth-order valence-electron chi connectivity index (χ4n) is 4.52. The summed E-state index contributed by atoms with van der Waals surface area (Å²) in [4.78, 5) is 15.3. The summed E-state index contributed by atoms with van der Waals surface area (Å²) in [5.41, 5.74) is 8.83. The van der Waals surface area contributed by atoms with Crippen molar-refractivity contribution in [1.82, 2.24) is 15.0 Å². The summed E-state index contributed by atoms with van der Waals surface area (Å²) in [5.74, 6) is 0. The van der Waals surface area contributed by atoms with Crippen LogP contribution in [0.4, 0.5) is 5.69 Å². The third-order valence-electron chi connectivity index (χ3n) is 6.34. The molecule has 35 heavy (non-hydrogen) atoms. The molecule has 1 radical (unpaired) electrons. The molecule has 6 rings (SSSR count). The van der Waals surface area contributed by atoms with E-state index in [1.807, 2.05) is 62.6 Å². The van der Waals surface area contributed by atoms with Gasteiger partial charge in [0.05, 0.1) is 5.52 Å². The third kappa shape index (κ3) is 4.62. The first-order valence-electron chi connectivity index (χ1n) is 11.3. The molecule has 0 unspecified atom stereocenters. The molecule has 0 N–H and O–H groups in total.